The van der Waals surface area contributed by atoms with Gasteiger partial charge in [0.1, 0.15) is 6.54 Å². The van der Waals surface area contributed by atoms with Crippen LogP contribution in [0.25, 0.3) is 0 Å². The minimum atomic E-state index is -4.22. The maximum absolute atomic E-state index is 12.3. The molecule has 0 saturated heterocycles. The van der Waals surface area contributed by atoms with Crippen LogP contribution in [0.15, 0.2) is 0 Å². The van der Waals surface area contributed by atoms with E-state index in [1.54, 1.807) is 0 Å². The molecule has 1 aromatic heterocycles. The van der Waals surface area contributed by atoms with Crippen LogP contribution in [-0.4, -0.2) is 24.8 Å². The van der Waals surface area contributed by atoms with Crippen LogP contribution in [0, 0.1) is 0 Å². The Kier molecular flexibility index (Phi) is 4.98. The number of hydrogen-bond acceptors (Lipinski definition) is 4. The van der Waals surface area contributed by atoms with Crippen LogP contribution in [0.3, 0.4) is 0 Å². The van der Waals surface area contributed by atoms with Gasteiger partial charge in [-0.2, -0.15) is 13.2 Å². The van der Waals surface area contributed by atoms with Crippen molar-refractivity contribution >= 4 is 16.5 Å². The van der Waals surface area contributed by atoms with E-state index in [1.807, 2.05) is 13.8 Å². The maximum Gasteiger partial charge on any atom is 0.405 e. The molecule has 3 nitrogen and oxygen atoms in total. The Morgan fingerprint density at radius 1 is 1.44 bits per heavy atom. The van der Waals surface area contributed by atoms with Crippen molar-refractivity contribution in [3.63, 3.8) is 0 Å². The molecule has 0 saturated carbocycles. The van der Waals surface area contributed by atoms with Crippen LogP contribution < -0.4 is 10.6 Å². The lowest BCUT2D eigenvalue weighted by atomic mass is 10.0. The lowest BCUT2D eigenvalue weighted by Crippen LogP contribution is -2.30. The first-order valence-electron chi connectivity index (χ1n) is 5.76. The summed E-state index contributed by atoms with van der Waals surface area (Å²) >= 11 is 1.24. The first-order valence-corrected chi connectivity index (χ1v) is 6.57. The van der Waals surface area contributed by atoms with Crippen LogP contribution in [0.4, 0.5) is 18.3 Å². The van der Waals surface area contributed by atoms with Crippen molar-refractivity contribution < 1.29 is 13.2 Å². The van der Waals surface area contributed by atoms with Crippen LogP contribution >= 0.6 is 11.3 Å². The predicted molar refractivity (Wildman–Crippen MR) is 68.0 cm³/mol. The summed E-state index contributed by atoms with van der Waals surface area (Å²) in [5.41, 5.74) is 6.44. The number of aromatic nitrogens is 1. The van der Waals surface area contributed by atoms with Gasteiger partial charge in [-0.05, 0) is 12.3 Å². The smallest absolute Gasteiger partial charge is 0.342 e. The number of nitrogens with zero attached hydrogens (tertiary/aromatic N) is 2. The van der Waals surface area contributed by atoms with E-state index < -0.39 is 12.7 Å². The third-order valence-electron chi connectivity index (χ3n) is 2.72. The largest absolute Gasteiger partial charge is 0.405 e. The number of anilines is 1. The van der Waals surface area contributed by atoms with E-state index in [-0.39, 0.29) is 5.92 Å². The van der Waals surface area contributed by atoms with Gasteiger partial charge in [0.25, 0.3) is 0 Å². The van der Waals surface area contributed by atoms with Gasteiger partial charge in [-0.15, -0.1) is 11.3 Å². The van der Waals surface area contributed by atoms with Crippen molar-refractivity contribution in [1.82, 2.24) is 4.98 Å². The number of alkyl halides is 3. The highest BCUT2D eigenvalue weighted by molar-refractivity contribution is 7.15. The van der Waals surface area contributed by atoms with Gasteiger partial charge < -0.3 is 10.6 Å². The number of hydrogen-bond donors (Lipinski definition) is 1. The van der Waals surface area contributed by atoms with Gasteiger partial charge in [-0.25, -0.2) is 4.98 Å². The van der Waals surface area contributed by atoms with Gasteiger partial charge in [-0.3, -0.25) is 0 Å². The monoisotopic (exact) mass is 281 g/mol. The summed E-state index contributed by atoms with van der Waals surface area (Å²) in [6.07, 6.45) is -3.33. The van der Waals surface area contributed by atoms with E-state index in [1.165, 1.54) is 18.4 Å². The number of rotatable bonds is 5. The number of nitrogens with two attached hydrogens (primary N) is 1. The van der Waals surface area contributed by atoms with Gasteiger partial charge >= 0.3 is 6.18 Å². The molecular formula is C11H18F3N3S. The molecule has 7 heteroatoms. The molecule has 0 aliphatic heterocycles. The molecule has 18 heavy (non-hydrogen) atoms. The normalized spacial score (nSPS) is 13.7. The van der Waals surface area contributed by atoms with E-state index in [9.17, 15) is 13.2 Å². The minimum Gasteiger partial charge on any atom is -0.342 e. The first kappa shape index (κ1) is 15.2. The van der Waals surface area contributed by atoms with Gasteiger partial charge in [0, 0.05) is 18.5 Å². The fourth-order valence-electron chi connectivity index (χ4n) is 1.58. The highest BCUT2D eigenvalue weighted by Gasteiger charge is 2.30. The topological polar surface area (TPSA) is 42.2 Å². The van der Waals surface area contributed by atoms with Crippen molar-refractivity contribution in [3.05, 3.63) is 10.6 Å². The van der Waals surface area contributed by atoms with E-state index >= 15 is 0 Å². The summed E-state index contributed by atoms with van der Waals surface area (Å²) in [7, 11) is 1.40. The van der Waals surface area contributed by atoms with Crippen LogP contribution in [0.2, 0.25) is 0 Å². The Hall–Kier alpha value is -0.820. The Balaban J connectivity index is 2.94. The zero-order valence-corrected chi connectivity index (χ0v) is 11.5. The Labute approximate surface area is 109 Å². The van der Waals surface area contributed by atoms with E-state index in [0.29, 0.717) is 11.7 Å². The second-order valence-electron chi connectivity index (χ2n) is 4.29. The van der Waals surface area contributed by atoms with Gasteiger partial charge in [0.2, 0.25) is 0 Å². The summed E-state index contributed by atoms with van der Waals surface area (Å²) in [6.45, 7) is 3.34. The number of thiazole rings is 1. The molecule has 0 fully saturated rings. The Bertz CT molecular complexity index is 389. The third kappa shape index (κ3) is 3.84. The molecule has 0 aliphatic carbocycles. The quantitative estimate of drug-likeness (QED) is 0.901. The highest BCUT2D eigenvalue weighted by atomic mass is 32.1. The summed E-state index contributed by atoms with van der Waals surface area (Å²) in [5.74, 6) is 0.216. The average molecular weight is 281 g/mol. The summed E-state index contributed by atoms with van der Waals surface area (Å²) in [5, 5.41) is 0.378. The molecule has 0 aliphatic rings. The van der Waals surface area contributed by atoms with Crippen LogP contribution in [-0.2, 0) is 6.54 Å². The standard InChI is InChI=1S/C11H18F3N3S/c1-4-7(2)9-8(5-15)18-10(16-9)17(3)6-11(12,13)14/h7H,4-6,15H2,1-3H3. The summed E-state index contributed by atoms with van der Waals surface area (Å²) in [6, 6.07) is 0. The van der Waals surface area contributed by atoms with Crippen molar-refractivity contribution in [2.24, 2.45) is 5.73 Å². The van der Waals surface area contributed by atoms with E-state index in [4.69, 9.17) is 5.73 Å². The molecule has 1 unspecified atom stereocenters. The SMILES string of the molecule is CCC(C)c1nc(N(C)CC(F)(F)F)sc1CN. The molecule has 0 bridgehead atoms. The van der Waals surface area contributed by atoms with Crippen molar-refractivity contribution in [1.29, 1.82) is 0 Å². The van der Waals surface area contributed by atoms with Gasteiger partial charge in [-0.1, -0.05) is 13.8 Å². The maximum atomic E-state index is 12.3. The molecular weight excluding hydrogens is 263 g/mol. The summed E-state index contributed by atoms with van der Waals surface area (Å²) < 4.78 is 36.9. The number of halogens is 3. The second kappa shape index (κ2) is 5.88. The molecule has 0 spiro atoms. The second-order valence-corrected chi connectivity index (χ2v) is 5.35. The molecule has 0 aromatic carbocycles. The minimum absolute atomic E-state index is 0.216. The predicted octanol–water partition coefficient (Wildman–Crippen LogP) is 3.11. The third-order valence-corrected chi connectivity index (χ3v) is 3.93. The zero-order chi connectivity index (χ0) is 13.9. The summed E-state index contributed by atoms with van der Waals surface area (Å²) in [4.78, 5) is 6.29. The molecule has 0 amide bonds. The van der Waals surface area contributed by atoms with E-state index in [0.717, 1.165) is 21.9 Å². The highest BCUT2D eigenvalue weighted by Crippen LogP contribution is 2.32. The molecule has 104 valence electrons. The van der Waals surface area contributed by atoms with Crippen LogP contribution in [0.5, 0.6) is 0 Å². The molecule has 2 N–H and O–H groups in total. The van der Waals surface area contributed by atoms with Crippen LogP contribution in [0.1, 0.15) is 36.8 Å². The van der Waals surface area contributed by atoms with Gasteiger partial charge in [0.15, 0.2) is 5.13 Å². The average Bonchev–Trinajstić information content (AvgIpc) is 2.69. The fourth-order valence-corrected chi connectivity index (χ4v) is 2.59. The molecule has 1 atom stereocenters. The lowest BCUT2D eigenvalue weighted by molar-refractivity contribution is -0.119. The molecule has 0 radical (unpaired) electrons. The molecule has 1 aromatic rings. The zero-order valence-electron chi connectivity index (χ0n) is 10.7. The van der Waals surface area contributed by atoms with E-state index in [2.05, 4.69) is 4.98 Å². The van der Waals surface area contributed by atoms with Crippen molar-refractivity contribution in [2.45, 2.75) is 38.9 Å². The Morgan fingerprint density at radius 3 is 2.50 bits per heavy atom. The lowest BCUT2D eigenvalue weighted by Gasteiger charge is -2.17. The molecule has 1 heterocycles. The fraction of sp³-hybridized carbons (Fsp3) is 0.727. The molecule has 1 rings (SSSR count). The van der Waals surface area contributed by atoms with Crippen molar-refractivity contribution in [2.75, 3.05) is 18.5 Å². The van der Waals surface area contributed by atoms with Gasteiger partial charge in [0.05, 0.1) is 5.69 Å². The first-order chi connectivity index (χ1) is 8.28. The Morgan fingerprint density at radius 2 is 2.06 bits per heavy atom. The van der Waals surface area contributed by atoms with Crippen molar-refractivity contribution in [3.8, 4) is 0 Å².